The van der Waals surface area contributed by atoms with E-state index >= 15 is 0 Å². The predicted octanol–water partition coefficient (Wildman–Crippen LogP) is 1.18. The van der Waals surface area contributed by atoms with E-state index < -0.39 is 16.1 Å². The molecule has 0 rings (SSSR count). The van der Waals surface area contributed by atoms with Crippen LogP contribution in [-0.4, -0.2) is 26.5 Å². The molecule has 0 spiro atoms. The van der Waals surface area contributed by atoms with Crippen LogP contribution in [0, 0.1) is 11.8 Å². The van der Waals surface area contributed by atoms with Crippen LogP contribution in [0.25, 0.3) is 0 Å². The van der Waals surface area contributed by atoms with Crippen molar-refractivity contribution in [3.05, 3.63) is 0 Å². The number of nitrogens with one attached hydrogen (secondary N) is 1. The smallest absolute Gasteiger partial charge is 0.209 e. The number of Topliss-reactive ketones (excluding diaryl/α,β-unsaturated/α-hetero) is 1. The molecule has 0 aromatic rings. The molecule has 0 aliphatic carbocycles. The van der Waals surface area contributed by atoms with Gasteiger partial charge in [-0.15, -0.1) is 0 Å². The van der Waals surface area contributed by atoms with Crippen molar-refractivity contribution in [1.29, 1.82) is 0 Å². The molecule has 1 atom stereocenters. The molecule has 0 heterocycles. The minimum atomic E-state index is -3.32. The number of sulfonamides is 1. The molecular formula is C10H21NO3S. The van der Waals surface area contributed by atoms with Gasteiger partial charge >= 0.3 is 0 Å². The van der Waals surface area contributed by atoms with Crippen LogP contribution in [-0.2, 0) is 14.8 Å². The Morgan fingerprint density at radius 1 is 1.20 bits per heavy atom. The highest BCUT2D eigenvalue weighted by Crippen LogP contribution is 2.10. The zero-order chi connectivity index (χ0) is 12.2. The van der Waals surface area contributed by atoms with E-state index in [4.69, 9.17) is 0 Å². The predicted molar refractivity (Wildman–Crippen MR) is 61.1 cm³/mol. The van der Waals surface area contributed by atoms with Crippen LogP contribution in [0.15, 0.2) is 0 Å². The van der Waals surface area contributed by atoms with Gasteiger partial charge in [-0.25, -0.2) is 13.1 Å². The number of hydrogen-bond acceptors (Lipinski definition) is 3. The molecule has 0 aliphatic rings. The molecule has 0 aromatic heterocycles. The van der Waals surface area contributed by atoms with Gasteiger partial charge in [-0.2, -0.15) is 0 Å². The maximum Gasteiger partial charge on any atom is 0.209 e. The first-order valence-electron chi connectivity index (χ1n) is 5.14. The summed E-state index contributed by atoms with van der Waals surface area (Å²) in [6.45, 7) is 7.48. The summed E-state index contributed by atoms with van der Waals surface area (Å²) in [6.07, 6.45) is 1.62. The van der Waals surface area contributed by atoms with Gasteiger partial charge in [0.05, 0.1) is 12.3 Å². The Morgan fingerprint density at radius 3 is 1.93 bits per heavy atom. The monoisotopic (exact) mass is 235 g/mol. The van der Waals surface area contributed by atoms with Gasteiger partial charge in [0, 0.05) is 5.92 Å². The van der Waals surface area contributed by atoms with Crippen LogP contribution >= 0.6 is 0 Å². The largest absolute Gasteiger partial charge is 0.298 e. The third-order valence-corrected chi connectivity index (χ3v) is 2.69. The van der Waals surface area contributed by atoms with Crippen LogP contribution in [0.2, 0.25) is 0 Å². The molecule has 90 valence electrons. The standard InChI is InChI=1S/C10H21NO3S/c1-7(2)6-9(10(12)8(3)4)11-15(5,13)14/h7-9,11H,6H2,1-5H3/t9-/m0/s1. The average Bonchev–Trinajstić information content (AvgIpc) is 1.97. The third kappa shape index (κ3) is 6.62. The van der Waals surface area contributed by atoms with Crippen molar-refractivity contribution < 1.29 is 13.2 Å². The fraction of sp³-hybridized carbons (Fsp3) is 0.900. The van der Waals surface area contributed by atoms with Gasteiger partial charge in [-0.1, -0.05) is 27.7 Å². The van der Waals surface area contributed by atoms with Gasteiger partial charge in [0.2, 0.25) is 10.0 Å². The van der Waals surface area contributed by atoms with Crippen LogP contribution in [0.4, 0.5) is 0 Å². The minimum Gasteiger partial charge on any atom is -0.298 e. The molecule has 0 saturated heterocycles. The van der Waals surface area contributed by atoms with Crippen molar-refractivity contribution in [2.45, 2.75) is 40.2 Å². The summed E-state index contributed by atoms with van der Waals surface area (Å²) in [5.74, 6) is 0.0871. The summed E-state index contributed by atoms with van der Waals surface area (Å²) in [5.41, 5.74) is 0. The van der Waals surface area contributed by atoms with Gasteiger partial charge in [0.15, 0.2) is 5.78 Å². The first-order chi connectivity index (χ1) is 6.63. The first-order valence-corrected chi connectivity index (χ1v) is 7.03. The number of carbonyl (C=O) groups excluding carboxylic acids is 1. The zero-order valence-corrected chi connectivity index (χ0v) is 10.9. The van der Waals surface area contributed by atoms with Gasteiger partial charge in [0.1, 0.15) is 0 Å². The minimum absolute atomic E-state index is 0.0471. The molecule has 0 saturated carbocycles. The lowest BCUT2D eigenvalue weighted by molar-refractivity contribution is -0.123. The second-order valence-corrected chi connectivity index (χ2v) is 6.41. The molecule has 15 heavy (non-hydrogen) atoms. The Kier molecular flexibility index (Phi) is 5.45. The summed E-state index contributed by atoms with van der Waals surface area (Å²) in [5, 5.41) is 0. The molecule has 4 nitrogen and oxygen atoms in total. The highest BCUT2D eigenvalue weighted by atomic mass is 32.2. The number of ketones is 1. The van der Waals surface area contributed by atoms with Gasteiger partial charge in [-0.05, 0) is 12.3 Å². The molecule has 0 fully saturated rings. The SMILES string of the molecule is CC(C)C[C@H](NS(C)(=O)=O)C(=O)C(C)C. The second-order valence-electron chi connectivity index (χ2n) is 4.63. The highest BCUT2D eigenvalue weighted by molar-refractivity contribution is 7.88. The van der Waals surface area contributed by atoms with Gasteiger partial charge < -0.3 is 0 Å². The summed E-state index contributed by atoms with van der Waals surface area (Å²) >= 11 is 0. The lowest BCUT2D eigenvalue weighted by Gasteiger charge is -2.20. The van der Waals surface area contributed by atoms with Gasteiger partial charge in [0.25, 0.3) is 0 Å². The van der Waals surface area contributed by atoms with Crippen LogP contribution < -0.4 is 4.72 Å². The molecule has 0 radical (unpaired) electrons. The molecule has 5 heteroatoms. The van der Waals surface area contributed by atoms with E-state index in [2.05, 4.69) is 4.72 Å². The van der Waals surface area contributed by atoms with Crippen molar-refractivity contribution in [1.82, 2.24) is 4.72 Å². The van der Waals surface area contributed by atoms with E-state index in [0.717, 1.165) is 6.26 Å². The third-order valence-electron chi connectivity index (χ3n) is 1.98. The fourth-order valence-electron chi connectivity index (χ4n) is 1.35. The van der Waals surface area contributed by atoms with E-state index in [9.17, 15) is 13.2 Å². The molecular weight excluding hydrogens is 214 g/mol. The lowest BCUT2D eigenvalue weighted by atomic mass is 9.95. The molecule has 0 aromatic carbocycles. The van der Waals surface area contributed by atoms with E-state index in [1.807, 2.05) is 13.8 Å². The van der Waals surface area contributed by atoms with E-state index in [1.54, 1.807) is 13.8 Å². The summed E-state index contributed by atoms with van der Waals surface area (Å²) in [7, 11) is -3.32. The summed E-state index contributed by atoms with van der Waals surface area (Å²) in [6, 6.07) is -0.583. The topological polar surface area (TPSA) is 63.2 Å². The Balaban J connectivity index is 4.66. The van der Waals surface area contributed by atoms with Gasteiger partial charge in [-0.3, -0.25) is 4.79 Å². The van der Waals surface area contributed by atoms with Crippen molar-refractivity contribution >= 4 is 15.8 Å². The molecule has 0 aliphatic heterocycles. The van der Waals surface area contributed by atoms with Crippen molar-refractivity contribution in [2.75, 3.05) is 6.26 Å². The number of rotatable bonds is 6. The summed E-state index contributed by atoms with van der Waals surface area (Å²) < 4.78 is 24.6. The highest BCUT2D eigenvalue weighted by Gasteiger charge is 2.24. The Hall–Kier alpha value is -0.420. The van der Waals surface area contributed by atoms with Crippen LogP contribution in [0.1, 0.15) is 34.1 Å². The summed E-state index contributed by atoms with van der Waals surface area (Å²) in [4.78, 5) is 11.7. The Morgan fingerprint density at radius 2 is 1.67 bits per heavy atom. The maximum absolute atomic E-state index is 11.7. The van der Waals surface area contributed by atoms with E-state index in [0.29, 0.717) is 6.42 Å². The van der Waals surface area contributed by atoms with E-state index in [1.165, 1.54) is 0 Å². The Labute approximate surface area is 92.5 Å². The first kappa shape index (κ1) is 14.6. The second kappa shape index (κ2) is 5.61. The van der Waals surface area contributed by atoms with Crippen molar-refractivity contribution in [2.24, 2.45) is 11.8 Å². The molecule has 0 amide bonds. The van der Waals surface area contributed by atoms with E-state index in [-0.39, 0.29) is 17.6 Å². The Bertz CT molecular complexity index is 307. The molecule has 0 bridgehead atoms. The normalized spacial score (nSPS) is 14.6. The number of hydrogen-bond donors (Lipinski definition) is 1. The molecule has 0 unspecified atom stereocenters. The average molecular weight is 235 g/mol. The maximum atomic E-state index is 11.7. The quantitative estimate of drug-likeness (QED) is 0.752. The number of carbonyl (C=O) groups is 1. The molecule has 1 N–H and O–H groups in total. The zero-order valence-electron chi connectivity index (χ0n) is 10.1. The van der Waals surface area contributed by atoms with Crippen molar-refractivity contribution in [3.8, 4) is 0 Å². The fourth-order valence-corrected chi connectivity index (χ4v) is 2.08. The van der Waals surface area contributed by atoms with Crippen LogP contribution in [0.5, 0.6) is 0 Å². The van der Waals surface area contributed by atoms with Crippen molar-refractivity contribution in [3.63, 3.8) is 0 Å². The lowest BCUT2D eigenvalue weighted by Crippen LogP contribution is -2.42. The van der Waals surface area contributed by atoms with Crippen LogP contribution in [0.3, 0.4) is 0 Å².